The fraction of sp³-hybridized carbons (Fsp3) is 0.700. The number of rotatable bonds is 10. The molecule has 214 valence electrons. The molecule has 3 N–H and O–H groups in total. The summed E-state index contributed by atoms with van der Waals surface area (Å²) in [5, 5.41) is 23.4. The fourth-order valence-electron chi connectivity index (χ4n) is 4.94. The molecule has 1 aliphatic rings. The van der Waals surface area contributed by atoms with Gasteiger partial charge in [-0.2, -0.15) is 0 Å². The van der Waals surface area contributed by atoms with Crippen molar-refractivity contribution in [2.24, 2.45) is 17.8 Å². The van der Waals surface area contributed by atoms with Gasteiger partial charge in [0, 0.05) is 19.9 Å². The Kier molecular flexibility index (Phi) is 12.7. The SMILES string of the molecule is CC(C)CC1C(=O)OC(C(C)CCCCC(C)O)CC(O)C(C)C(=O)NC(Cc2ccccc2)C(=O)N1C. The zero-order chi connectivity index (χ0) is 28.4. The topological polar surface area (TPSA) is 116 Å². The van der Waals surface area contributed by atoms with E-state index in [0.29, 0.717) is 12.8 Å². The van der Waals surface area contributed by atoms with Gasteiger partial charge in [0.25, 0.3) is 0 Å². The van der Waals surface area contributed by atoms with Gasteiger partial charge in [0.05, 0.1) is 18.1 Å². The highest BCUT2D eigenvalue weighted by Gasteiger charge is 2.38. The molecule has 1 aliphatic heterocycles. The Labute approximate surface area is 228 Å². The number of benzene rings is 1. The van der Waals surface area contributed by atoms with Crippen molar-refractivity contribution < 1.29 is 29.3 Å². The summed E-state index contributed by atoms with van der Waals surface area (Å²) in [6.07, 6.45) is 1.97. The molecule has 1 fully saturated rings. The number of aliphatic hydroxyl groups is 2. The zero-order valence-corrected chi connectivity index (χ0v) is 23.9. The van der Waals surface area contributed by atoms with E-state index in [4.69, 9.17) is 4.74 Å². The number of ether oxygens (including phenoxy) is 1. The molecule has 2 amide bonds. The fourth-order valence-corrected chi connectivity index (χ4v) is 4.94. The van der Waals surface area contributed by atoms with E-state index in [0.717, 1.165) is 24.8 Å². The first-order chi connectivity index (χ1) is 17.9. The highest BCUT2D eigenvalue weighted by molar-refractivity contribution is 5.91. The van der Waals surface area contributed by atoms with E-state index >= 15 is 0 Å². The third-order valence-electron chi connectivity index (χ3n) is 7.58. The van der Waals surface area contributed by atoms with Gasteiger partial charge in [-0.3, -0.25) is 9.59 Å². The molecular formula is C30H48N2O6. The number of aliphatic hydroxyl groups excluding tert-OH is 2. The van der Waals surface area contributed by atoms with Crippen LogP contribution in [-0.2, 0) is 25.5 Å². The zero-order valence-electron chi connectivity index (χ0n) is 23.9. The highest BCUT2D eigenvalue weighted by atomic mass is 16.5. The minimum absolute atomic E-state index is 0.0627. The Bertz CT molecular complexity index is 890. The molecule has 0 radical (unpaired) electrons. The summed E-state index contributed by atoms with van der Waals surface area (Å²) in [4.78, 5) is 41.9. The van der Waals surface area contributed by atoms with Gasteiger partial charge in [-0.05, 0) is 43.6 Å². The van der Waals surface area contributed by atoms with Gasteiger partial charge >= 0.3 is 5.97 Å². The van der Waals surface area contributed by atoms with E-state index in [1.54, 1.807) is 20.9 Å². The first-order valence-electron chi connectivity index (χ1n) is 14.1. The van der Waals surface area contributed by atoms with Gasteiger partial charge < -0.3 is 25.2 Å². The molecule has 1 heterocycles. The van der Waals surface area contributed by atoms with Gasteiger partial charge in [-0.1, -0.05) is 70.9 Å². The number of esters is 1. The third-order valence-corrected chi connectivity index (χ3v) is 7.58. The second kappa shape index (κ2) is 15.2. The van der Waals surface area contributed by atoms with Gasteiger partial charge in [-0.25, -0.2) is 4.79 Å². The van der Waals surface area contributed by atoms with Crippen molar-refractivity contribution in [1.82, 2.24) is 10.2 Å². The second-order valence-corrected chi connectivity index (χ2v) is 11.5. The van der Waals surface area contributed by atoms with Crippen molar-refractivity contribution in [2.45, 2.75) is 110 Å². The molecule has 0 aromatic heterocycles. The van der Waals surface area contributed by atoms with Crippen LogP contribution in [0.5, 0.6) is 0 Å². The average Bonchev–Trinajstić information content (AvgIpc) is 2.87. The standard InChI is InChI=1S/C30H48N2O6/c1-19(2)16-25-30(37)38-27(20(3)12-10-11-13-21(4)33)18-26(34)22(5)28(35)31-24(29(36)32(25)6)17-23-14-8-7-9-15-23/h7-9,14-15,19-22,24-27,33-34H,10-13,16-18H2,1-6H3,(H,31,35). The molecule has 0 spiro atoms. The molecule has 38 heavy (non-hydrogen) atoms. The molecule has 8 nitrogen and oxygen atoms in total. The van der Waals surface area contributed by atoms with E-state index in [9.17, 15) is 24.6 Å². The normalized spacial score (nSPS) is 27.2. The highest BCUT2D eigenvalue weighted by Crippen LogP contribution is 2.26. The summed E-state index contributed by atoms with van der Waals surface area (Å²) in [5.41, 5.74) is 0.882. The molecular weight excluding hydrogens is 484 g/mol. The molecule has 7 atom stereocenters. The lowest BCUT2D eigenvalue weighted by atomic mass is 9.89. The maximum absolute atomic E-state index is 13.7. The molecule has 7 unspecified atom stereocenters. The number of nitrogens with one attached hydrogen (secondary N) is 1. The first-order valence-corrected chi connectivity index (χ1v) is 14.1. The van der Waals surface area contributed by atoms with Crippen LogP contribution in [0.2, 0.25) is 0 Å². The van der Waals surface area contributed by atoms with E-state index < -0.39 is 42.1 Å². The predicted molar refractivity (Wildman–Crippen MR) is 147 cm³/mol. The van der Waals surface area contributed by atoms with Crippen molar-refractivity contribution in [2.75, 3.05) is 7.05 Å². The summed E-state index contributed by atoms with van der Waals surface area (Å²) >= 11 is 0. The van der Waals surface area contributed by atoms with Crippen molar-refractivity contribution in [3.8, 4) is 0 Å². The number of unbranched alkanes of at least 4 members (excludes halogenated alkanes) is 1. The summed E-state index contributed by atoms with van der Waals surface area (Å²) in [6, 6.07) is 7.72. The quantitative estimate of drug-likeness (QED) is 0.314. The van der Waals surface area contributed by atoms with Crippen LogP contribution in [0.25, 0.3) is 0 Å². The molecule has 1 aromatic carbocycles. The number of cyclic esters (lactones) is 1. The Morgan fingerprint density at radius 1 is 1.05 bits per heavy atom. The number of likely N-dealkylation sites (N-methyl/N-ethyl adjacent to an activating group) is 1. The lowest BCUT2D eigenvalue weighted by Crippen LogP contribution is -2.56. The monoisotopic (exact) mass is 532 g/mol. The molecule has 2 rings (SSSR count). The predicted octanol–water partition coefficient (Wildman–Crippen LogP) is 3.48. The van der Waals surface area contributed by atoms with Gasteiger partial charge in [-0.15, -0.1) is 0 Å². The Hall–Kier alpha value is -2.45. The van der Waals surface area contributed by atoms with Crippen LogP contribution < -0.4 is 5.32 Å². The van der Waals surface area contributed by atoms with Gasteiger partial charge in [0.2, 0.25) is 11.8 Å². The number of hydrogen-bond donors (Lipinski definition) is 3. The number of amides is 2. The Balaban J connectivity index is 2.34. The van der Waals surface area contributed by atoms with E-state index in [1.807, 2.05) is 51.1 Å². The number of carbonyl (C=O) groups excluding carboxylic acids is 3. The molecule has 0 aliphatic carbocycles. The van der Waals surface area contributed by atoms with E-state index in [1.165, 1.54) is 4.90 Å². The van der Waals surface area contributed by atoms with Gasteiger partial charge in [0.1, 0.15) is 18.2 Å². The minimum Gasteiger partial charge on any atom is -0.460 e. The second-order valence-electron chi connectivity index (χ2n) is 11.5. The maximum Gasteiger partial charge on any atom is 0.329 e. The lowest BCUT2D eigenvalue weighted by Gasteiger charge is -2.36. The van der Waals surface area contributed by atoms with E-state index in [2.05, 4.69) is 5.32 Å². The molecule has 1 aromatic rings. The summed E-state index contributed by atoms with van der Waals surface area (Å²) in [6.45, 7) is 9.34. The summed E-state index contributed by atoms with van der Waals surface area (Å²) in [7, 11) is 1.60. The largest absolute Gasteiger partial charge is 0.460 e. The van der Waals surface area contributed by atoms with Crippen LogP contribution in [0, 0.1) is 17.8 Å². The van der Waals surface area contributed by atoms with Crippen molar-refractivity contribution in [3.63, 3.8) is 0 Å². The van der Waals surface area contributed by atoms with Crippen LogP contribution >= 0.6 is 0 Å². The van der Waals surface area contributed by atoms with Crippen LogP contribution in [0.15, 0.2) is 30.3 Å². The molecule has 1 saturated heterocycles. The van der Waals surface area contributed by atoms with Crippen molar-refractivity contribution in [1.29, 1.82) is 0 Å². The average molecular weight is 533 g/mol. The van der Waals surface area contributed by atoms with Crippen LogP contribution in [0.3, 0.4) is 0 Å². The van der Waals surface area contributed by atoms with Crippen molar-refractivity contribution in [3.05, 3.63) is 35.9 Å². The Morgan fingerprint density at radius 2 is 1.68 bits per heavy atom. The minimum atomic E-state index is -1.04. The van der Waals surface area contributed by atoms with Crippen LogP contribution in [-0.4, -0.2) is 70.3 Å². The Morgan fingerprint density at radius 3 is 2.29 bits per heavy atom. The summed E-state index contributed by atoms with van der Waals surface area (Å²) < 4.78 is 6.03. The molecule has 0 saturated carbocycles. The van der Waals surface area contributed by atoms with Crippen LogP contribution in [0.1, 0.15) is 78.7 Å². The van der Waals surface area contributed by atoms with Crippen molar-refractivity contribution >= 4 is 17.8 Å². The lowest BCUT2D eigenvalue weighted by molar-refractivity contribution is -0.165. The van der Waals surface area contributed by atoms with E-state index in [-0.39, 0.29) is 36.7 Å². The molecule has 0 bridgehead atoms. The smallest absolute Gasteiger partial charge is 0.329 e. The number of carbonyl (C=O) groups is 3. The first kappa shape index (κ1) is 31.8. The third kappa shape index (κ3) is 9.70. The number of hydrogen-bond acceptors (Lipinski definition) is 6. The summed E-state index contributed by atoms with van der Waals surface area (Å²) in [5.74, 6) is -1.99. The number of nitrogens with zero attached hydrogens (tertiary/aromatic N) is 1. The maximum atomic E-state index is 13.7. The molecule has 8 heteroatoms. The van der Waals surface area contributed by atoms with Gasteiger partial charge in [0.15, 0.2) is 0 Å². The van der Waals surface area contributed by atoms with Crippen LogP contribution in [0.4, 0.5) is 0 Å².